The summed E-state index contributed by atoms with van der Waals surface area (Å²) in [5.74, 6) is 0.0743. The zero-order valence-corrected chi connectivity index (χ0v) is 9.37. The van der Waals surface area contributed by atoms with E-state index in [0.29, 0.717) is 24.2 Å². The number of pyridine rings is 1. The molecule has 4 nitrogen and oxygen atoms in total. The fourth-order valence-corrected chi connectivity index (χ4v) is 1.84. The molecule has 1 N–H and O–H groups in total. The molecule has 1 aromatic rings. The van der Waals surface area contributed by atoms with E-state index in [2.05, 4.69) is 14.9 Å². The summed E-state index contributed by atoms with van der Waals surface area (Å²) in [5.41, 5.74) is 1.73. The molecule has 0 fully saturated rings. The summed E-state index contributed by atoms with van der Waals surface area (Å²) in [6.07, 6.45) is -1.09. The maximum absolute atomic E-state index is 12.0. The van der Waals surface area contributed by atoms with Crippen LogP contribution in [0, 0.1) is 0 Å². The normalized spacial score (nSPS) is 17.6. The van der Waals surface area contributed by atoms with E-state index in [-0.39, 0.29) is 5.75 Å². The highest BCUT2D eigenvalue weighted by Gasteiger charge is 2.28. The molecule has 0 saturated carbocycles. The van der Waals surface area contributed by atoms with E-state index in [4.69, 9.17) is 5.21 Å². The van der Waals surface area contributed by atoms with Crippen molar-refractivity contribution in [1.82, 2.24) is 4.98 Å². The van der Waals surface area contributed by atoms with Crippen molar-refractivity contribution in [3.8, 4) is 5.75 Å². The minimum Gasteiger partial charge on any atom is -0.482 e. The van der Waals surface area contributed by atoms with Gasteiger partial charge in [0.2, 0.25) is 0 Å². The lowest BCUT2D eigenvalue weighted by atomic mass is 9.94. The van der Waals surface area contributed by atoms with Crippen LogP contribution in [0.5, 0.6) is 5.75 Å². The van der Waals surface area contributed by atoms with Crippen LogP contribution in [0.2, 0.25) is 0 Å². The number of oxime groups is 1. The Balaban J connectivity index is 2.17. The van der Waals surface area contributed by atoms with Gasteiger partial charge in [-0.3, -0.25) is 4.98 Å². The van der Waals surface area contributed by atoms with E-state index in [1.165, 1.54) is 12.3 Å². The number of alkyl halides is 3. The van der Waals surface area contributed by atoms with Crippen molar-refractivity contribution in [1.29, 1.82) is 0 Å². The highest BCUT2D eigenvalue weighted by atomic mass is 19.4. The van der Waals surface area contributed by atoms with Crippen molar-refractivity contribution < 1.29 is 23.1 Å². The zero-order chi connectivity index (χ0) is 13.2. The lowest BCUT2D eigenvalue weighted by Gasteiger charge is -2.17. The summed E-state index contributed by atoms with van der Waals surface area (Å²) < 4.78 is 40.6. The van der Waals surface area contributed by atoms with Gasteiger partial charge in [-0.15, -0.1) is 0 Å². The topological polar surface area (TPSA) is 54.7 Å². The number of rotatable bonds is 2. The van der Waals surface area contributed by atoms with Gasteiger partial charge in [0, 0.05) is 0 Å². The smallest absolute Gasteiger partial charge is 0.422 e. The van der Waals surface area contributed by atoms with Crippen molar-refractivity contribution in [3.05, 3.63) is 23.5 Å². The van der Waals surface area contributed by atoms with Crippen molar-refractivity contribution in [2.24, 2.45) is 5.16 Å². The summed E-state index contributed by atoms with van der Waals surface area (Å²) >= 11 is 0. The van der Waals surface area contributed by atoms with Crippen LogP contribution in [0.3, 0.4) is 0 Å². The average Bonchev–Trinajstić information content (AvgIpc) is 2.34. The first-order chi connectivity index (χ1) is 8.49. The highest BCUT2D eigenvalue weighted by Crippen LogP contribution is 2.25. The van der Waals surface area contributed by atoms with E-state index in [1.807, 2.05) is 0 Å². The van der Waals surface area contributed by atoms with Crippen LogP contribution in [0.4, 0.5) is 13.2 Å². The quantitative estimate of drug-likeness (QED) is 0.656. The molecule has 18 heavy (non-hydrogen) atoms. The van der Waals surface area contributed by atoms with E-state index >= 15 is 0 Å². The first-order valence-electron chi connectivity index (χ1n) is 5.39. The van der Waals surface area contributed by atoms with Crippen LogP contribution in [-0.2, 0) is 6.42 Å². The molecule has 1 aromatic heterocycles. The summed E-state index contributed by atoms with van der Waals surface area (Å²) in [4.78, 5) is 3.99. The molecule has 0 aromatic carbocycles. The van der Waals surface area contributed by atoms with Gasteiger partial charge < -0.3 is 9.94 Å². The van der Waals surface area contributed by atoms with Gasteiger partial charge in [-0.25, -0.2) is 0 Å². The molecule has 0 unspecified atom stereocenters. The lowest BCUT2D eigenvalue weighted by Crippen LogP contribution is -2.20. The predicted octanol–water partition coefficient (Wildman–Crippen LogP) is 2.54. The molecule has 1 aliphatic rings. The van der Waals surface area contributed by atoms with Gasteiger partial charge >= 0.3 is 6.18 Å². The third-order valence-corrected chi connectivity index (χ3v) is 2.60. The van der Waals surface area contributed by atoms with Crippen LogP contribution in [0.1, 0.15) is 24.1 Å². The summed E-state index contributed by atoms with van der Waals surface area (Å²) in [5, 5.41) is 11.9. The van der Waals surface area contributed by atoms with E-state index in [1.54, 1.807) is 0 Å². The molecule has 0 spiro atoms. The molecule has 0 saturated heterocycles. The molecule has 0 atom stereocenters. The molecule has 0 bridgehead atoms. The average molecular weight is 260 g/mol. The predicted molar refractivity (Wildman–Crippen MR) is 57.0 cm³/mol. The van der Waals surface area contributed by atoms with Gasteiger partial charge in [0.05, 0.1) is 11.9 Å². The van der Waals surface area contributed by atoms with Gasteiger partial charge in [0.25, 0.3) is 0 Å². The summed E-state index contributed by atoms with van der Waals surface area (Å²) in [6, 6.07) is 1.51. The van der Waals surface area contributed by atoms with Crippen LogP contribution in [0.25, 0.3) is 0 Å². The Hall–Kier alpha value is -1.79. The fraction of sp³-hybridized carbons (Fsp3) is 0.455. The number of aromatic nitrogens is 1. The molecular formula is C11H11F3N2O2. The molecule has 7 heteroatoms. The second-order valence-corrected chi connectivity index (χ2v) is 3.98. The zero-order valence-electron chi connectivity index (χ0n) is 9.37. The fourth-order valence-electron chi connectivity index (χ4n) is 1.84. The SMILES string of the molecule is ON=C1CCCc2cc(OCC(F)(F)F)cnc21. The van der Waals surface area contributed by atoms with Crippen molar-refractivity contribution in [2.45, 2.75) is 25.4 Å². The molecular weight excluding hydrogens is 249 g/mol. The second kappa shape index (κ2) is 4.83. The Morgan fingerprint density at radius 2 is 2.17 bits per heavy atom. The molecule has 1 aliphatic carbocycles. The first-order valence-corrected chi connectivity index (χ1v) is 5.39. The molecule has 2 rings (SSSR count). The van der Waals surface area contributed by atoms with Gasteiger partial charge in [0.15, 0.2) is 6.61 Å². The van der Waals surface area contributed by atoms with Gasteiger partial charge in [0.1, 0.15) is 11.5 Å². The number of aryl methyl sites for hydroxylation is 1. The number of hydrogen-bond acceptors (Lipinski definition) is 4. The number of ether oxygens (including phenoxy) is 1. The minimum atomic E-state index is -4.37. The lowest BCUT2D eigenvalue weighted by molar-refractivity contribution is -0.153. The number of nitrogens with zero attached hydrogens (tertiary/aromatic N) is 2. The van der Waals surface area contributed by atoms with E-state index < -0.39 is 12.8 Å². The Morgan fingerprint density at radius 3 is 2.83 bits per heavy atom. The monoisotopic (exact) mass is 260 g/mol. The third kappa shape index (κ3) is 2.91. The van der Waals surface area contributed by atoms with Gasteiger partial charge in [-0.05, 0) is 30.9 Å². The van der Waals surface area contributed by atoms with Crippen LogP contribution >= 0.6 is 0 Å². The summed E-state index contributed by atoms with van der Waals surface area (Å²) in [7, 11) is 0. The van der Waals surface area contributed by atoms with Gasteiger partial charge in [-0.2, -0.15) is 13.2 Å². The maximum Gasteiger partial charge on any atom is 0.422 e. The Morgan fingerprint density at radius 1 is 1.39 bits per heavy atom. The number of fused-ring (bicyclic) bond motifs is 1. The van der Waals surface area contributed by atoms with Crippen LogP contribution in [0.15, 0.2) is 17.4 Å². The Bertz CT molecular complexity index is 472. The molecule has 1 heterocycles. The molecule has 0 aliphatic heterocycles. The van der Waals surface area contributed by atoms with Crippen LogP contribution in [-0.4, -0.2) is 28.7 Å². The van der Waals surface area contributed by atoms with Crippen molar-refractivity contribution in [3.63, 3.8) is 0 Å². The van der Waals surface area contributed by atoms with E-state index in [0.717, 1.165) is 12.0 Å². The van der Waals surface area contributed by atoms with Crippen LogP contribution < -0.4 is 4.74 Å². The number of halogens is 3. The molecule has 0 radical (unpaired) electrons. The largest absolute Gasteiger partial charge is 0.482 e. The first kappa shape index (κ1) is 12.7. The maximum atomic E-state index is 12.0. The van der Waals surface area contributed by atoms with Crippen molar-refractivity contribution in [2.75, 3.05) is 6.61 Å². The number of hydrogen-bond donors (Lipinski definition) is 1. The molecule has 0 amide bonds. The van der Waals surface area contributed by atoms with Crippen molar-refractivity contribution >= 4 is 5.71 Å². The minimum absolute atomic E-state index is 0.0743. The second-order valence-electron chi connectivity index (χ2n) is 3.98. The third-order valence-electron chi connectivity index (χ3n) is 2.60. The van der Waals surface area contributed by atoms with Gasteiger partial charge in [-0.1, -0.05) is 5.16 Å². The molecule has 98 valence electrons. The Labute approximate surface area is 101 Å². The standard InChI is InChI=1S/C11H11F3N2O2/c12-11(13,14)6-18-8-4-7-2-1-3-9(16-17)10(7)15-5-8/h4-5,17H,1-3,6H2. The highest BCUT2D eigenvalue weighted by molar-refractivity contribution is 6.00. The summed E-state index contributed by atoms with van der Waals surface area (Å²) in [6.45, 7) is -1.34. The Kier molecular flexibility index (Phi) is 3.40. The van der Waals surface area contributed by atoms with E-state index in [9.17, 15) is 13.2 Å².